The maximum Gasteiger partial charge on any atom is 0.247 e. The highest BCUT2D eigenvalue weighted by atomic mass is 19.1. The van der Waals surface area contributed by atoms with Gasteiger partial charge in [0, 0.05) is 31.8 Å². The lowest BCUT2D eigenvalue weighted by molar-refractivity contribution is -0.111. The van der Waals surface area contributed by atoms with Crippen LogP contribution in [0.1, 0.15) is 0 Å². The summed E-state index contributed by atoms with van der Waals surface area (Å²) < 4.78 is 21.2. The summed E-state index contributed by atoms with van der Waals surface area (Å²) in [5.74, 6) is 0.191. The molecule has 0 aliphatic carbocycles. The van der Waals surface area contributed by atoms with Crippen LogP contribution in [0.15, 0.2) is 67.4 Å². The Bertz CT molecular complexity index is 1430. The number of hydrogen-bond donors (Lipinski definition) is 2. The van der Waals surface area contributed by atoms with Gasteiger partial charge in [-0.1, -0.05) is 18.7 Å². The highest BCUT2D eigenvalue weighted by molar-refractivity contribution is 6.02. The van der Waals surface area contributed by atoms with Crippen molar-refractivity contribution in [1.29, 1.82) is 0 Å². The van der Waals surface area contributed by atoms with Crippen LogP contribution in [0.2, 0.25) is 0 Å². The number of methoxy groups -OCH3 is 1. The van der Waals surface area contributed by atoms with E-state index in [0.717, 1.165) is 30.0 Å². The van der Waals surface area contributed by atoms with Crippen molar-refractivity contribution in [1.82, 2.24) is 19.5 Å². The second kappa shape index (κ2) is 11.1. The maximum absolute atomic E-state index is 13.8. The van der Waals surface area contributed by atoms with E-state index in [4.69, 9.17) is 4.74 Å². The number of carbonyl (C=O) groups excluding carboxylic acids is 1. The zero-order valence-electron chi connectivity index (χ0n) is 21.3. The maximum atomic E-state index is 13.8. The third-order valence-corrected chi connectivity index (χ3v) is 5.82. The molecule has 4 rings (SSSR count). The van der Waals surface area contributed by atoms with Gasteiger partial charge in [-0.3, -0.25) is 4.79 Å². The third kappa shape index (κ3) is 5.87. The molecule has 0 aliphatic heterocycles. The van der Waals surface area contributed by atoms with Crippen molar-refractivity contribution in [3.8, 4) is 17.0 Å². The van der Waals surface area contributed by atoms with Gasteiger partial charge in [0.15, 0.2) is 0 Å². The molecule has 2 heterocycles. The fourth-order valence-electron chi connectivity index (χ4n) is 3.85. The van der Waals surface area contributed by atoms with E-state index < -0.39 is 0 Å². The van der Waals surface area contributed by atoms with Crippen LogP contribution in [-0.4, -0.2) is 66.7 Å². The molecule has 10 heteroatoms. The van der Waals surface area contributed by atoms with Crippen molar-refractivity contribution >= 4 is 34.4 Å². The summed E-state index contributed by atoms with van der Waals surface area (Å²) in [6.45, 7) is 5.12. The van der Waals surface area contributed by atoms with Gasteiger partial charge in [0.05, 0.1) is 41.6 Å². The molecule has 9 nitrogen and oxygen atoms in total. The van der Waals surface area contributed by atoms with Crippen LogP contribution < -0.4 is 20.3 Å². The first kappa shape index (κ1) is 25.6. The minimum atomic E-state index is -0.330. The Balaban J connectivity index is 1.72. The van der Waals surface area contributed by atoms with Crippen molar-refractivity contribution in [3.63, 3.8) is 0 Å². The standard InChI is InChI=1S/C27H30FN7O2/c1-6-26(36)30-21-15-22(25(37-5)16-24(21)34(4)13-12-33(2)3)31-27-29-17-20-10-11-23(35(20)32-27)18-8-7-9-19(28)14-18/h6-11,14-17H,1,12-13H2,2-5H3,(H,30,36)(H,31,32). The van der Waals surface area contributed by atoms with E-state index in [2.05, 4.69) is 32.2 Å². The van der Waals surface area contributed by atoms with Gasteiger partial charge in [-0.25, -0.2) is 13.9 Å². The molecule has 2 aromatic carbocycles. The Morgan fingerprint density at radius 1 is 1.14 bits per heavy atom. The lowest BCUT2D eigenvalue weighted by atomic mass is 10.1. The Kier molecular flexibility index (Phi) is 7.69. The molecule has 0 radical (unpaired) electrons. The number of nitrogens with one attached hydrogen (secondary N) is 2. The van der Waals surface area contributed by atoms with Crippen LogP contribution in [-0.2, 0) is 4.79 Å². The van der Waals surface area contributed by atoms with Gasteiger partial charge in [0.2, 0.25) is 11.9 Å². The second-order valence-corrected chi connectivity index (χ2v) is 8.76. The van der Waals surface area contributed by atoms with Crippen LogP contribution in [0.4, 0.5) is 27.4 Å². The van der Waals surface area contributed by atoms with E-state index in [-0.39, 0.29) is 11.7 Å². The number of aromatic nitrogens is 3. The van der Waals surface area contributed by atoms with Crippen molar-refractivity contribution in [2.24, 2.45) is 0 Å². The van der Waals surface area contributed by atoms with E-state index in [1.165, 1.54) is 18.2 Å². The number of amides is 1. The number of carbonyl (C=O) groups is 1. The minimum Gasteiger partial charge on any atom is -0.494 e. The first-order chi connectivity index (χ1) is 17.8. The number of fused-ring (bicyclic) bond motifs is 1. The number of anilines is 4. The van der Waals surface area contributed by atoms with E-state index in [0.29, 0.717) is 28.6 Å². The average molecular weight is 504 g/mol. The van der Waals surface area contributed by atoms with Crippen molar-refractivity contribution in [3.05, 3.63) is 73.2 Å². The topological polar surface area (TPSA) is 87.0 Å². The molecule has 0 bridgehead atoms. The number of benzene rings is 2. The summed E-state index contributed by atoms with van der Waals surface area (Å²) in [5.41, 5.74) is 4.11. The molecule has 4 aromatic rings. The summed E-state index contributed by atoms with van der Waals surface area (Å²) in [5, 5.41) is 10.7. The molecule has 37 heavy (non-hydrogen) atoms. The molecule has 0 spiro atoms. The minimum absolute atomic E-state index is 0.300. The van der Waals surface area contributed by atoms with E-state index in [1.807, 2.05) is 50.3 Å². The Labute approximate surface area is 215 Å². The third-order valence-electron chi connectivity index (χ3n) is 5.82. The zero-order chi connectivity index (χ0) is 26.5. The Morgan fingerprint density at radius 3 is 2.65 bits per heavy atom. The Morgan fingerprint density at radius 2 is 1.95 bits per heavy atom. The molecule has 0 fully saturated rings. The molecular formula is C27H30FN7O2. The molecule has 2 N–H and O–H groups in total. The molecule has 192 valence electrons. The number of likely N-dealkylation sites (N-methyl/N-ethyl adjacent to an activating group) is 2. The SMILES string of the molecule is C=CC(=O)Nc1cc(Nc2ncc3ccc(-c4cccc(F)c4)n3n2)c(OC)cc1N(C)CCN(C)C. The van der Waals surface area contributed by atoms with Crippen molar-refractivity contribution < 1.29 is 13.9 Å². The number of hydrogen-bond acceptors (Lipinski definition) is 7. The zero-order valence-corrected chi connectivity index (χ0v) is 21.3. The van der Waals surface area contributed by atoms with Crippen molar-refractivity contribution in [2.45, 2.75) is 0 Å². The molecule has 0 unspecified atom stereocenters. The van der Waals surface area contributed by atoms with Gasteiger partial charge >= 0.3 is 0 Å². The lowest BCUT2D eigenvalue weighted by Crippen LogP contribution is -2.29. The van der Waals surface area contributed by atoms with E-state index in [1.54, 1.807) is 30.0 Å². The largest absolute Gasteiger partial charge is 0.494 e. The molecule has 2 aromatic heterocycles. The first-order valence-electron chi connectivity index (χ1n) is 11.7. The Hall–Kier alpha value is -4.44. The molecule has 1 amide bonds. The van der Waals surface area contributed by atoms with Gasteiger partial charge in [0.1, 0.15) is 11.6 Å². The number of halogens is 1. The molecule has 0 saturated carbocycles. The van der Waals surface area contributed by atoms with Crippen molar-refractivity contribution in [2.75, 3.05) is 56.9 Å². The first-order valence-corrected chi connectivity index (χ1v) is 11.7. The molecule has 0 aliphatic rings. The highest BCUT2D eigenvalue weighted by Crippen LogP contribution is 2.38. The van der Waals surface area contributed by atoms with Gasteiger partial charge in [0.25, 0.3) is 0 Å². The number of nitrogens with zero attached hydrogens (tertiary/aromatic N) is 5. The van der Waals surface area contributed by atoms with Crippen LogP contribution in [0.25, 0.3) is 16.8 Å². The number of rotatable bonds is 10. The van der Waals surface area contributed by atoms with Gasteiger partial charge in [-0.2, -0.15) is 0 Å². The summed E-state index contributed by atoms with van der Waals surface area (Å²) in [6, 6.07) is 13.7. The smallest absolute Gasteiger partial charge is 0.247 e. The highest BCUT2D eigenvalue weighted by Gasteiger charge is 2.17. The summed E-state index contributed by atoms with van der Waals surface area (Å²) in [6.07, 6.45) is 2.90. The summed E-state index contributed by atoms with van der Waals surface area (Å²) >= 11 is 0. The molecular weight excluding hydrogens is 473 g/mol. The van der Waals surface area contributed by atoms with Crippen LogP contribution in [0.3, 0.4) is 0 Å². The summed E-state index contributed by atoms with van der Waals surface area (Å²) in [4.78, 5) is 20.7. The number of ether oxygens (including phenoxy) is 1. The quantitative estimate of drug-likeness (QED) is 0.310. The van der Waals surface area contributed by atoms with Gasteiger partial charge in [-0.05, 0) is 50.5 Å². The van der Waals surface area contributed by atoms with Gasteiger partial charge in [-0.15, -0.1) is 5.10 Å². The normalized spacial score (nSPS) is 11.0. The summed E-state index contributed by atoms with van der Waals surface area (Å²) in [7, 11) is 7.53. The van der Waals surface area contributed by atoms with Crippen LogP contribution >= 0.6 is 0 Å². The molecule has 0 atom stereocenters. The molecule has 0 saturated heterocycles. The fraction of sp³-hybridized carbons (Fsp3) is 0.222. The van der Waals surface area contributed by atoms with E-state index in [9.17, 15) is 9.18 Å². The average Bonchev–Trinajstić information content (AvgIpc) is 3.30. The predicted molar refractivity (Wildman–Crippen MR) is 145 cm³/mol. The monoisotopic (exact) mass is 503 g/mol. The predicted octanol–water partition coefficient (Wildman–Crippen LogP) is 4.41. The van der Waals surface area contributed by atoms with Crippen LogP contribution in [0, 0.1) is 5.82 Å². The van der Waals surface area contributed by atoms with Gasteiger partial charge < -0.3 is 25.2 Å². The van der Waals surface area contributed by atoms with E-state index >= 15 is 0 Å². The fourth-order valence-corrected chi connectivity index (χ4v) is 3.85. The lowest BCUT2D eigenvalue weighted by Gasteiger charge is -2.25. The van der Waals surface area contributed by atoms with Crippen LogP contribution in [0.5, 0.6) is 5.75 Å². The second-order valence-electron chi connectivity index (χ2n) is 8.76.